The number of methoxy groups -OCH3 is 1. The molecule has 0 aromatic heterocycles. The van der Waals surface area contributed by atoms with Gasteiger partial charge in [0, 0.05) is 55.0 Å². The normalized spacial score (nSPS) is 14.0. The highest BCUT2D eigenvalue weighted by Crippen LogP contribution is 2.42. The number of unbranched alkanes of at least 4 members (excludes halogenated alkanes) is 2. The molecule has 42 heavy (non-hydrogen) atoms. The van der Waals surface area contributed by atoms with Gasteiger partial charge in [0.15, 0.2) is 17.2 Å². The molecule has 7 nitrogen and oxygen atoms in total. The number of nitrogens with one attached hydrogen (secondary N) is 2. The number of ether oxygens (including phenoxy) is 1. The van der Waals surface area contributed by atoms with E-state index in [0.29, 0.717) is 25.3 Å². The molecule has 0 radical (unpaired) electrons. The van der Waals surface area contributed by atoms with Crippen LogP contribution in [0, 0.1) is 0 Å². The van der Waals surface area contributed by atoms with E-state index in [4.69, 9.17) is 10.5 Å². The van der Waals surface area contributed by atoms with Gasteiger partial charge in [0.2, 0.25) is 11.6 Å². The predicted molar refractivity (Wildman–Crippen MR) is 172 cm³/mol. The highest BCUT2D eigenvalue weighted by atomic mass is 16.5. The highest BCUT2D eigenvalue weighted by molar-refractivity contribution is 6.03. The van der Waals surface area contributed by atoms with E-state index in [9.17, 15) is 9.90 Å². The SMILES string of the molecule is COc1cc(/C=C/C=C/C2=[N+](CCCCCC(=O)NCCN)c3ccc(Nc4ccccc4)cc3C2(C)C)ccc1O. The zero-order valence-corrected chi connectivity index (χ0v) is 24.9. The van der Waals surface area contributed by atoms with E-state index >= 15 is 0 Å². The number of benzene rings is 3. The van der Waals surface area contributed by atoms with Crippen molar-refractivity contribution in [3.63, 3.8) is 0 Å². The van der Waals surface area contributed by atoms with Crippen molar-refractivity contribution in [1.82, 2.24) is 5.32 Å². The first-order valence-corrected chi connectivity index (χ1v) is 14.6. The number of nitrogens with zero attached hydrogens (tertiary/aromatic N) is 1. The lowest BCUT2D eigenvalue weighted by atomic mass is 9.81. The van der Waals surface area contributed by atoms with Crippen LogP contribution in [0.5, 0.6) is 11.5 Å². The van der Waals surface area contributed by atoms with Crippen LogP contribution in [-0.2, 0) is 10.2 Å². The molecule has 220 valence electrons. The second-order valence-electron chi connectivity index (χ2n) is 11.0. The molecule has 1 amide bonds. The minimum absolute atomic E-state index is 0.0692. The fourth-order valence-electron chi connectivity index (χ4n) is 5.33. The van der Waals surface area contributed by atoms with Crippen LogP contribution in [0.15, 0.2) is 85.0 Å². The van der Waals surface area contributed by atoms with E-state index in [1.54, 1.807) is 13.2 Å². The van der Waals surface area contributed by atoms with Gasteiger partial charge in [-0.1, -0.05) is 42.5 Å². The number of amides is 1. The molecule has 0 saturated carbocycles. The molecule has 0 saturated heterocycles. The number of carbonyl (C=O) groups excluding carboxylic acids is 1. The Balaban J connectivity index is 1.54. The number of rotatable bonds is 14. The van der Waals surface area contributed by atoms with Gasteiger partial charge in [-0.2, -0.15) is 4.58 Å². The van der Waals surface area contributed by atoms with Crippen molar-refractivity contribution in [1.29, 1.82) is 0 Å². The van der Waals surface area contributed by atoms with E-state index in [1.165, 1.54) is 17.0 Å². The van der Waals surface area contributed by atoms with Gasteiger partial charge >= 0.3 is 0 Å². The van der Waals surface area contributed by atoms with E-state index < -0.39 is 0 Å². The number of nitrogens with two attached hydrogens (primary N) is 1. The lowest BCUT2D eigenvalue weighted by Gasteiger charge is -2.16. The fraction of sp³-hybridized carbons (Fsp3) is 0.314. The zero-order chi connectivity index (χ0) is 30.0. The highest BCUT2D eigenvalue weighted by Gasteiger charge is 2.44. The molecule has 0 atom stereocenters. The Kier molecular flexibility index (Phi) is 10.6. The summed E-state index contributed by atoms with van der Waals surface area (Å²) in [7, 11) is 1.55. The van der Waals surface area contributed by atoms with Gasteiger partial charge in [-0.25, -0.2) is 0 Å². The van der Waals surface area contributed by atoms with E-state index in [0.717, 1.165) is 42.7 Å². The molecule has 7 heteroatoms. The van der Waals surface area contributed by atoms with E-state index in [1.807, 2.05) is 42.5 Å². The number of carbonyl (C=O) groups is 1. The Morgan fingerprint density at radius 2 is 1.76 bits per heavy atom. The molecule has 0 fully saturated rings. The van der Waals surface area contributed by atoms with Crippen LogP contribution >= 0.6 is 0 Å². The summed E-state index contributed by atoms with van der Waals surface area (Å²) in [6.45, 7) is 6.40. The monoisotopic (exact) mass is 567 g/mol. The third-order valence-electron chi connectivity index (χ3n) is 7.56. The summed E-state index contributed by atoms with van der Waals surface area (Å²) in [6, 6.07) is 22.1. The first-order valence-electron chi connectivity index (χ1n) is 14.6. The first-order chi connectivity index (χ1) is 20.3. The van der Waals surface area contributed by atoms with Crippen molar-refractivity contribution in [2.45, 2.75) is 44.9 Å². The second-order valence-corrected chi connectivity index (χ2v) is 11.0. The third kappa shape index (κ3) is 7.68. The van der Waals surface area contributed by atoms with Gasteiger partial charge in [-0.3, -0.25) is 4.79 Å². The molecule has 0 aliphatic carbocycles. The van der Waals surface area contributed by atoms with Crippen LogP contribution < -0.4 is 21.1 Å². The topological polar surface area (TPSA) is 99.6 Å². The van der Waals surface area contributed by atoms with Crippen LogP contribution in [0.2, 0.25) is 0 Å². The summed E-state index contributed by atoms with van der Waals surface area (Å²) in [4.78, 5) is 12.0. The molecule has 1 heterocycles. The van der Waals surface area contributed by atoms with Crippen molar-refractivity contribution >= 4 is 34.8 Å². The Morgan fingerprint density at radius 1 is 0.976 bits per heavy atom. The third-order valence-corrected chi connectivity index (χ3v) is 7.56. The van der Waals surface area contributed by atoms with Gasteiger partial charge in [0.1, 0.15) is 6.54 Å². The molecular formula is C35H43N4O3+. The van der Waals surface area contributed by atoms with Gasteiger partial charge in [0.05, 0.1) is 12.5 Å². The van der Waals surface area contributed by atoms with Gasteiger partial charge in [0.25, 0.3) is 0 Å². The van der Waals surface area contributed by atoms with Crippen LogP contribution in [0.3, 0.4) is 0 Å². The molecule has 3 aromatic carbocycles. The maximum Gasteiger partial charge on any atom is 0.220 e. The van der Waals surface area contributed by atoms with Gasteiger partial charge < -0.3 is 26.2 Å². The van der Waals surface area contributed by atoms with Crippen LogP contribution in [0.1, 0.15) is 50.7 Å². The number of phenols is 1. The number of hydrogen-bond acceptors (Lipinski definition) is 5. The first kappa shape index (κ1) is 30.6. The number of phenolic OH excluding ortho intramolecular Hbond substituents is 1. The molecular weight excluding hydrogens is 524 g/mol. The van der Waals surface area contributed by atoms with Gasteiger partial charge in [-0.15, -0.1) is 0 Å². The predicted octanol–water partition coefficient (Wildman–Crippen LogP) is 6.43. The molecule has 0 bridgehead atoms. The van der Waals surface area contributed by atoms with Crippen molar-refractivity contribution in [3.05, 3.63) is 96.1 Å². The minimum atomic E-state index is -0.210. The lowest BCUT2D eigenvalue weighted by Crippen LogP contribution is -2.28. The van der Waals surface area contributed by atoms with Crippen molar-refractivity contribution in [2.24, 2.45) is 5.73 Å². The second kappa shape index (κ2) is 14.5. The van der Waals surface area contributed by atoms with Gasteiger partial charge in [-0.05, 0) is 68.7 Å². The summed E-state index contributed by atoms with van der Waals surface area (Å²) >= 11 is 0. The smallest absolute Gasteiger partial charge is 0.220 e. The standard InChI is InChI=1S/C35H42N4O3/c1-35(2)29-25-28(38-27-13-6-4-7-14-27)18-19-30(29)39(23-11-5-8-16-34(41)37-22-21-36)33(35)15-10-9-12-26-17-20-31(40)32(24-26)42-3/h4,6-7,9-10,12-15,17-20,24-25,38H,5,8,11,16,21-23,36H2,1-3H3,(H,37,41)/p+1. The molecule has 3 aromatic rings. The molecule has 1 aliphatic rings. The minimum Gasteiger partial charge on any atom is -0.504 e. The number of para-hydroxylation sites is 1. The van der Waals surface area contributed by atoms with Crippen LogP contribution in [0.4, 0.5) is 17.1 Å². The number of anilines is 2. The average Bonchev–Trinajstić information content (AvgIpc) is 3.20. The van der Waals surface area contributed by atoms with E-state index in [2.05, 4.69) is 71.5 Å². The zero-order valence-electron chi connectivity index (χ0n) is 24.9. The maximum absolute atomic E-state index is 12.0. The van der Waals surface area contributed by atoms with Crippen LogP contribution in [-0.4, -0.2) is 48.0 Å². The fourth-order valence-corrected chi connectivity index (χ4v) is 5.33. The molecule has 0 spiro atoms. The molecule has 4 rings (SSSR count). The summed E-state index contributed by atoms with van der Waals surface area (Å²) < 4.78 is 7.66. The number of fused-ring (bicyclic) bond motifs is 1. The maximum atomic E-state index is 12.0. The lowest BCUT2D eigenvalue weighted by molar-refractivity contribution is -0.438. The molecule has 0 unspecified atom stereocenters. The average molecular weight is 568 g/mol. The van der Waals surface area contributed by atoms with E-state index in [-0.39, 0.29) is 17.1 Å². The largest absolute Gasteiger partial charge is 0.504 e. The summed E-state index contributed by atoms with van der Waals surface area (Å²) in [5.74, 6) is 0.643. The van der Waals surface area contributed by atoms with Crippen LogP contribution in [0.25, 0.3) is 6.08 Å². The number of aromatic hydroxyl groups is 1. The Morgan fingerprint density at radius 3 is 2.52 bits per heavy atom. The Bertz CT molecular complexity index is 1460. The summed E-state index contributed by atoms with van der Waals surface area (Å²) in [5, 5.41) is 16.3. The number of hydrogen-bond donors (Lipinski definition) is 4. The number of allylic oxidation sites excluding steroid dienone is 3. The Labute approximate surface area is 249 Å². The summed E-state index contributed by atoms with van der Waals surface area (Å²) in [6.07, 6.45) is 11.6. The van der Waals surface area contributed by atoms with Crippen molar-refractivity contribution < 1.29 is 19.2 Å². The van der Waals surface area contributed by atoms with Crippen molar-refractivity contribution in [2.75, 3.05) is 32.1 Å². The molecule has 1 aliphatic heterocycles. The summed E-state index contributed by atoms with van der Waals surface area (Å²) in [5.41, 5.74) is 12.0. The van der Waals surface area contributed by atoms with Crippen molar-refractivity contribution in [3.8, 4) is 11.5 Å². The molecule has 5 N–H and O–H groups in total. The Hall–Kier alpha value is -4.36. The quantitative estimate of drug-likeness (QED) is 0.102.